The van der Waals surface area contributed by atoms with E-state index < -0.39 is 0 Å². The topological polar surface area (TPSA) is 0 Å². The van der Waals surface area contributed by atoms with Gasteiger partial charge >= 0.3 is 0 Å². The molecule has 1 rings (SSSR count). The van der Waals surface area contributed by atoms with Crippen LogP contribution in [0.5, 0.6) is 0 Å². The first-order valence-corrected chi connectivity index (χ1v) is 4.86. The standard InChI is InChI=1S/C12H14S/c1-4-10-6-7-12(9(3)13)8-11(10)5-2/h4,6-8H,1,5H2,2-3H3. The lowest BCUT2D eigenvalue weighted by Gasteiger charge is -2.05. The van der Waals surface area contributed by atoms with Gasteiger partial charge < -0.3 is 0 Å². The molecule has 0 aromatic heterocycles. The molecule has 0 spiro atoms. The van der Waals surface area contributed by atoms with Gasteiger partial charge in [-0.25, -0.2) is 0 Å². The molecule has 0 amide bonds. The summed E-state index contributed by atoms with van der Waals surface area (Å²) in [6.07, 6.45) is 2.92. The molecule has 0 heterocycles. The van der Waals surface area contributed by atoms with E-state index in [0.29, 0.717) is 0 Å². The summed E-state index contributed by atoms with van der Waals surface area (Å²) in [5.74, 6) is 0. The highest BCUT2D eigenvalue weighted by Gasteiger charge is 2.00. The molecule has 0 saturated carbocycles. The lowest BCUT2D eigenvalue weighted by atomic mass is 10.0. The van der Waals surface area contributed by atoms with Gasteiger partial charge in [0.25, 0.3) is 0 Å². The normalized spacial score (nSPS) is 9.69. The van der Waals surface area contributed by atoms with Crippen molar-refractivity contribution in [3.8, 4) is 0 Å². The number of thiocarbonyl (C=S) groups is 1. The first-order chi connectivity index (χ1) is 6.19. The van der Waals surface area contributed by atoms with Gasteiger partial charge in [-0.1, -0.05) is 50.0 Å². The fourth-order valence-electron chi connectivity index (χ4n) is 1.33. The van der Waals surface area contributed by atoms with Gasteiger partial charge in [-0.2, -0.15) is 0 Å². The SMILES string of the molecule is C=Cc1ccc(C(C)=S)cc1CC. The van der Waals surface area contributed by atoms with Crippen molar-refractivity contribution >= 4 is 23.2 Å². The molecule has 0 aliphatic carbocycles. The fraction of sp³-hybridized carbons (Fsp3) is 0.250. The Labute approximate surface area is 85.3 Å². The summed E-state index contributed by atoms with van der Waals surface area (Å²) in [5.41, 5.74) is 3.68. The van der Waals surface area contributed by atoms with Crippen LogP contribution >= 0.6 is 12.2 Å². The van der Waals surface area contributed by atoms with Gasteiger partial charge in [-0.3, -0.25) is 0 Å². The smallest absolute Gasteiger partial charge is 0.0193 e. The summed E-state index contributed by atoms with van der Waals surface area (Å²) in [4.78, 5) is 0.949. The molecule has 0 N–H and O–H groups in total. The third kappa shape index (κ3) is 2.25. The van der Waals surface area contributed by atoms with Gasteiger partial charge in [-0.15, -0.1) is 0 Å². The third-order valence-corrected chi connectivity index (χ3v) is 2.39. The molecule has 0 aliphatic heterocycles. The zero-order chi connectivity index (χ0) is 9.84. The minimum atomic E-state index is 0.949. The monoisotopic (exact) mass is 190 g/mol. The van der Waals surface area contributed by atoms with Crippen molar-refractivity contribution < 1.29 is 0 Å². The minimum Gasteiger partial charge on any atom is -0.0985 e. The van der Waals surface area contributed by atoms with Crippen LogP contribution in [-0.2, 0) is 6.42 Å². The highest BCUT2D eigenvalue weighted by atomic mass is 32.1. The minimum absolute atomic E-state index is 0.949. The van der Waals surface area contributed by atoms with Crippen LogP contribution in [0.2, 0.25) is 0 Å². The Hall–Kier alpha value is -0.950. The van der Waals surface area contributed by atoms with Crippen molar-refractivity contribution in [2.45, 2.75) is 20.3 Å². The summed E-state index contributed by atoms with van der Waals surface area (Å²) in [5, 5.41) is 0. The molecule has 0 bridgehead atoms. The molecule has 13 heavy (non-hydrogen) atoms. The van der Waals surface area contributed by atoms with E-state index in [-0.39, 0.29) is 0 Å². The van der Waals surface area contributed by atoms with Crippen LogP contribution in [0.1, 0.15) is 30.5 Å². The second kappa shape index (κ2) is 4.33. The summed E-state index contributed by atoms with van der Waals surface area (Å²) >= 11 is 5.12. The maximum Gasteiger partial charge on any atom is 0.0193 e. The van der Waals surface area contributed by atoms with E-state index in [0.717, 1.165) is 16.8 Å². The maximum absolute atomic E-state index is 5.12. The van der Waals surface area contributed by atoms with Crippen LogP contribution in [0.15, 0.2) is 24.8 Å². The van der Waals surface area contributed by atoms with Gasteiger partial charge in [-0.05, 0) is 30.0 Å². The van der Waals surface area contributed by atoms with E-state index in [1.165, 1.54) is 11.1 Å². The van der Waals surface area contributed by atoms with Crippen molar-refractivity contribution in [1.29, 1.82) is 0 Å². The Kier molecular flexibility index (Phi) is 3.38. The van der Waals surface area contributed by atoms with E-state index in [1.54, 1.807) is 0 Å². The molecule has 68 valence electrons. The molecule has 0 unspecified atom stereocenters. The lowest BCUT2D eigenvalue weighted by molar-refractivity contribution is 1.13. The van der Waals surface area contributed by atoms with Crippen LogP contribution in [0.25, 0.3) is 6.08 Å². The zero-order valence-electron chi connectivity index (χ0n) is 8.13. The second-order valence-corrected chi connectivity index (χ2v) is 3.64. The van der Waals surface area contributed by atoms with Crippen LogP contribution in [0, 0.1) is 0 Å². The van der Waals surface area contributed by atoms with Gasteiger partial charge in [0.15, 0.2) is 0 Å². The van der Waals surface area contributed by atoms with Gasteiger partial charge in [0, 0.05) is 4.86 Å². The molecular weight excluding hydrogens is 176 g/mol. The largest absolute Gasteiger partial charge is 0.0985 e. The Morgan fingerprint density at radius 3 is 2.69 bits per heavy atom. The molecule has 0 aliphatic rings. The number of hydrogen-bond acceptors (Lipinski definition) is 1. The predicted molar refractivity (Wildman–Crippen MR) is 63.3 cm³/mol. The quantitative estimate of drug-likeness (QED) is 0.518. The highest BCUT2D eigenvalue weighted by Crippen LogP contribution is 2.14. The Bertz CT molecular complexity index is 337. The average Bonchev–Trinajstić information content (AvgIpc) is 2.16. The summed E-state index contributed by atoms with van der Waals surface area (Å²) in [6, 6.07) is 6.29. The molecule has 0 radical (unpaired) electrons. The zero-order valence-corrected chi connectivity index (χ0v) is 8.95. The van der Waals surface area contributed by atoms with Crippen molar-refractivity contribution in [3.63, 3.8) is 0 Å². The first-order valence-electron chi connectivity index (χ1n) is 4.45. The molecule has 0 saturated heterocycles. The second-order valence-electron chi connectivity index (χ2n) is 3.03. The first kappa shape index (κ1) is 10.1. The van der Waals surface area contributed by atoms with Gasteiger partial charge in [0.1, 0.15) is 0 Å². The Morgan fingerprint density at radius 2 is 2.23 bits per heavy atom. The van der Waals surface area contributed by atoms with Crippen LogP contribution in [0.4, 0.5) is 0 Å². The molecule has 1 heteroatoms. The summed E-state index contributed by atoms with van der Waals surface area (Å²) in [7, 11) is 0. The predicted octanol–water partition coefficient (Wildman–Crippen LogP) is 3.63. The number of hydrogen-bond donors (Lipinski definition) is 0. The molecule has 1 aromatic carbocycles. The maximum atomic E-state index is 5.12. The van der Waals surface area contributed by atoms with Crippen molar-refractivity contribution in [1.82, 2.24) is 0 Å². The Morgan fingerprint density at radius 1 is 1.54 bits per heavy atom. The molecular formula is C12H14S. The number of aryl methyl sites for hydroxylation is 1. The van der Waals surface area contributed by atoms with Crippen LogP contribution < -0.4 is 0 Å². The molecule has 0 nitrogen and oxygen atoms in total. The molecule has 0 atom stereocenters. The third-order valence-electron chi connectivity index (χ3n) is 2.15. The molecule has 0 fully saturated rings. The van der Waals surface area contributed by atoms with Crippen molar-refractivity contribution in [3.05, 3.63) is 41.5 Å². The average molecular weight is 190 g/mol. The van der Waals surface area contributed by atoms with Crippen molar-refractivity contribution in [2.75, 3.05) is 0 Å². The summed E-state index contributed by atoms with van der Waals surface area (Å²) in [6.45, 7) is 7.88. The van der Waals surface area contributed by atoms with Crippen molar-refractivity contribution in [2.24, 2.45) is 0 Å². The summed E-state index contributed by atoms with van der Waals surface area (Å²) < 4.78 is 0. The lowest BCUT2D eigenvalue weighted by Crippen LogP contribution is -1.94. The van der Waals surface area contributed by atoms with Gasteiger partial charge in [0.05, 0.1) is 0 Å². The van der Waals surface area contributed by atoms with E-state index in [1.807, 2.05) is 13.0 Å². The van der Waals surface area contributed by atoms with Gasteiger partial charge in [0.2, 0.25) is 0 Å². The highest BCUT2D eigenvalue weighted by molar-refractivity contribution is 7.80. The molecule has 1 aromatic rings. The van der Waals surface area contributed by atoms with Crippen LogP contribution in [-0.4, -0.2) is 4.86 Å². The fourth-order valence-corrected chi connectivity index (χ4v) is 1.46. The number of benzene rings is 1. The van der Waals surface area contributed by atoms with E-state index >= 15 is 0 Å². The Balaban J connectivity index is 3.20. The van der Waals surface area contributed by atoms with E-state index in [2.05, 4.69) is 31.7 Å². The van der Waals surface area contributed by atoms with Crippen LogP contribution in [0.3, 0.4) is 0 Å². The van der Waals surface area contributed by atoms with E-state index in [9.17, 15) is 0 Å². The van der Waals surface area contributed by atoms with E-state index in [4.69, 9.17) is 12.2 Å². The number of rotatable bonds is 3.